The zero-order valence-electron chi connectivity index (χ0n) is 12.4. The highest BCUT2D eigenvalue weighted by Crippen LogP contribution is 2.21. The highest BCUT2D eigenvalue weighted by atomic mass is 19.1. The zero-order chi connectivity index (χ0) is 17.3. The lowest BCUT2D eigenvalue weighted by molar-refractivity contribution is 0.101. The number of Topliss-reactive ketones (excluding diaryl/α,β-unsaturated/α-hetero) is 1. The van der Waals surface area contributed by atoms with Crippen molar-refractivity contribution in [2.45, 2.75) is 6.92 Å². The number of benzene rings is 2. The first kappa shape index (κ1) is 15.7. The highest BCUT2D eigenvalue weighted by Gasteiger charge is 2.13. The smallest absolute Gasteiger partial charge is 0.247 e. The van der Waals surface area contributed by atoms with Crippen molar-refractivity contribution >= 4 is 17.4 Å². The molecule has 3 aromatic rings. The minimum Gasteiger partial charge on any atom is -0.320 e. The van der Waals surface area contributed by atoms with Crippen LogP contribution >= 0.6 is 0 Å². The monoisotopic (exact) mass is 332 g/mol. The maximum atomic E-state index is 14.2. The summed E-state index contributed by atoms with van der Waals surface area (Å²) in [5, 5.41) is 6.61. The second kappa shape index (κ2) is 6.15. The first-order valence-corrected chi connectivity index (χ1v) is 6.88. The fourth-order valence-electron chi connectivity index (χ4n) is 2.14. The number of nitrogens with one attached hydrogen (secondary N) is 1. The van der Waals surface area contributed by atoms with Gasteiger partial charge in [-0.25, -0.2) is 17.9 Å². The highest BCUT2D eigenvalue weighted by molar-refractivity contribution is 5.95. The summed E-state index contributed by atoms with van der Waals surface area (Å²) in [7, 11) is 0. The van der Waals surface area contributed by atoms with E-state index in [1.165, 1.54) is 31.5 Å². The van der Waals surface area contributed by atoms with Gasteiger partial charge in [-0.05, 0) is 31.2 Å². The van der Waals surface area contributed by atoms with E-state index in [1.807, 2.05) is 0 Å². The maximum absolute atomic E-state index is 14.2. The molecular formula is C16H11F3N4O. The molecule has 3 rings (SSSR count). The minimum atomic E-state index is -0.754. The van der Waals surface area contributed by atoms with Crippen molar-refractivity contribution in [1.29, 1.82) is 0 Å². The first-order chi connectivity index (χ1) is 11.4. The van der Waals surface area contributed by atoms with Crippen molar-refractivity contribution in [3.05, 3.63) is 65.7 Å². The Morgan fingerprint density at radius 3 is 2.50 bits per heavy atom. The van der Waals surface area contributed by atoms with E-state index in [1.54, 1.807) is 0 Å². The third-order valence-corrected chi connectivity index (χ3v) is 3.23. The van der Waals surface area contributed by atoms with E-state index in [4.69, 9.17) is 0 Å². The summed E-state index contributed by atoms with van der Waals surface area (Å²) in [6.45, 7) is 1.26. The van der Waals surface area contributed by atoms with E-state index < -0.39 is 23.2 Å². The molecule has 24 heavy (non-hydrogen) atoms. The molecule has 0 unspecified atom stereocenters. The molecule has 0 saturated heterocycles. The van der Waals surface area contributed by atoms with Crippen molar-refractivity contribution in [1.82, 2.24) is 14.8 Å². The number of carbonyl (C=O) groups is 1. The summed E-state index contributed by atoms with van der Waals surface area (Å²) in [5.41, 5.74) is 0.0866. The van der Waals surface area contributed by atoms with Crippen LogP contribution in [0.1, 0.15) is 17.3 Å². The molecule has 8 heteroatoms. The van der Waals surface area contributed by atoms with Gasteiger partial charge in [0.05, 0.1) is 16.9 Å². The number of rotatable bonds is 4. The van der Waals surface area contributed by atoms with E-state index in [0.29, 0.717) is 0 Å². The molecule has 0 fully saturated rings. The summed E-state index contributed by atoms with van der Waals surface area (Å²) in [6.07, 6.45) is 1.23. The van der Waals surface area contributed by atoms with Gasteiger partial charge < -0.3 is 5.32 Å². The average Bonchev–Trinajstić information content (AvgIpc) is 2.97. The maximum Gasteiger partial charge on any atom is 0.247 e. The Balaban J connectivity index is 1.90. The van der Waals surface area contributed by atoms with Crippen LogP contribution in [-0.4, -0.2) is 20.5 Å². The van der Waals surface area contributed by atoms with Crippen molar-refractivity contribution < 1.29 is 18.0 Å². The van der Waals surface area contributed by atoms with Gasteiger partial charge in [-0.1, -0.05) is 6.07 Å². The van der Waals surface area contributed by atoms with Gasteiger partial charge in [0.15, 0.2) is 11.6 Å². The summed E-state index contributed by atoms with van der Waals surface area (Å²) in [5.74, 6) is -2.63. The summed E-state index contributed by atoms with van der Waals surface area (Å²) >= 11 is 0. The number of anilines is 2. The standard InChI is InChI=1S/C16H11F3N4O/c1-9(24)13-3-2-4-14(15(13)19)21-16-20-8-23(22-16)12-6-10(17)5-11(18)7-12/h2-8H,1H3,(H,21,22). The van der Waals surface area contributed by atoms with Crippen LogP contribution in [0.4, 0.5) is 24.8 Å². The summed E-state index contributed by atoms with van der Waals surface area (Å²) in [6, 6.07) is 7.20. The van der Waals surface area contributed by atoms with Gasteiger partial charge >= 0.3 is 0 Å². The molecule has 0 atom stereocenters. The Morgan fingerprint density at radius 1 is 1.12 bits per heavy atom. The van der Waals surface area contributed by atoms with Crippen LogP contribution in [0.25, 0.3) is 5.69 Å². The zero-order valence-corrected chi connectivity index (χ0v) is 12.4. The van der Waals surface area contributed by atoms with Crippen molar-refractivity contribution in [2.24, 2.45) is 0 Å². The lowest BCUT2D eigenvalue weighted by Gasteiger charge is -2.06. The molecule has 0 amide bonds. The molecular weight excluding hydrogens is 321 g/mol. The van der Waals surface area contributed by atoms with E-state index in [2.05, 4.69) is 15.4 Å². The van der Waals surface area contributed by atoms with E-state index in [-0.39, 0.29) is 22.9 Å². The molecule has 1 heterocycles. The average molecular weight is 332 g/mol. The predicted molar refractivity (Wildman–Crippen MR) is 81.0 cm³/mol. The Bertz CT molecular complexity index is 903. The number of hydrogen-bond donors (Lipinski definition) is 1. The van der Waals surface area contributed by atoms with Crippen LogP contribution in [0.2, 0.25) is 0 Å². The predicted octanol–water partition coefficient (Wildman–Crippen LogP) is 3.63. The number of aromatic nitrogens is 3. The first-order valence-electron chi connectivity index (χ1n) is 6.88. The SMILES string of the molecule is CC(=O)c1cccc(Nc2ncn(-c3cc(F)cc(F)c3)n2)c1F. The number of ketones is 1. The molecule has 0 aliphatic rings. The molecule has 0 spiro atoms. The summed E-state index contributed by atoms with van der Waals surface area (Å²) < 4.78 is 41.8. The fraction of sp³-hybridized carbons (Fsp3) is 0.0625. The normalized spacial score (nSPS) is 10.7. The Kier molecular flexibility index (Phi) is 4.03. The third kappa shape index (κ3) is 3.12. The van der Waals surface area contributed by atoms with Crippen LogP contribution in [0, 0.1) is 17.5 Å². The molecule has 1 aromatic heterocycles. The van der Waals surface area contributed by atoms with E-state index >= 15 is 0 Å². The number of carbonyl (C=O) groups excluding carboxylic acids is 1. The number of hydrogen-bond acceptors (Lipinski definition) is 4. The molecule has 2 aromatic carbocycles. The van der Waals surface area contributed by atoms with Crippen LogP contribution in [-0.2, 0) is 0 Å². The third-order valence-electron chi connectivity index (χ3n) is 3.23. The topological polar surface area (TPSA) is 59.8 Å². The summed E-state index contributed by atoms with van der Waals surface area (Å²) in [4.78, 5) is 15.3. The van der Waals surface area contributed by atoms with Gasteiger partial charge in [-0.2, -0.15) is 4.98 Å². The van der Waals surface area contributed by atoms with Gasteiger partial charge in [0, 0.05) is 6.07 Å². The fourth-order valence-corrected chi connectivity index (χ4v) is 2.14. The van der Waals surface area contributed by atoms with Gasteiger partial charge in [0.25, 0.3) is 0 Å². The van der Waals surface area contributed by atoms with Gasteiger partial charge in [0.1, 0.15) is 18.0 Å². The van der Waals surface area contributed by atoms with Crippen LogP contribution in [0.3, 0.4) is 0 Å². The molecule has 0 aliphatic carbocycles. The number of halogens is 3. The quantitative estimate of drug-likeness (QED) is 0.741. The Hall–Kier alpha value is -3.16. The lowest BCUT2D eigenvalue weighted by Crippen LogP contribution is -2.03. The largest absolute Gasteiger partial charge is 0.320 e. The van der Waals surface area contributed by atoms with Crippen molar-refractivity contribution in [2.75, 3.05) is 5.32 Å². The van der Waals surface area contributed by atoms with Gasteiger partial charge in [-0.15, -0.1) is 5.10 Å². The van der Waals surface area contributed by atoms with Gasteiger partial charge in [-0.3, -0.25) is 4.79 Å². The molecule has 0 saturated carbocycles. The molecule has 122 valence electrons. The second-order valence-electron chi connectivity index (χ2n) is 4.99. The second-order valence-corrected chi connectivity index (χ2v) is 4.99. The van der Waals surface area contributed by atoms with Crippen LogP contribution in [0.5, 0.6) is 0 Å². The van der Waals surface area contributed by atoms with Crippen molar-refractivity contribution in [3.63, 3.8) is 0 Å². The molecule has 1 N–H and O–H groups in total. The molecule has 0 radical (unpaired) electrons. The van der Waals surface area contributed by atoms with Crippen molar-refractivity contribution in [3.8, 4) is 5.69 Å². The molecule has 5 nitrogen and oxygen atoms in total. The van der Waals surface area contributed by atoms with Gasteiger partial charge in [0.2, 0.25) is 5.95 Å². The van der Waals surface area contributed by atoms with Crippen LogP contribution in [0.15, 0.2) is 42.7 Å². The lowest BCUT2D eigenvalue weighted by atomic mass is 10.1. The number of nitrogens with zero attached hydrogens (tertiary/aromatic N) is 3. The van der Waals surface area contributed by atoms with E-state index in [9.17, 15) is 18.0 Å². The Morgan fingerprint density at radius 2 is 1.83 bits per heavy atom. The van der Waals surface area contributed by atoms with E-state index in [0.717, 1.165) is 22.9 Å². The molecule has 0 bridgehead atoms. The Labute approximate surface area is 134 Å². The molecule has 0 aliphatic heterocycles. The minimum absolute atomic E-state index is 0.0132. The van der Waals surface area contributed by atoms with Crippen LogP contribution < -0.4 is 5.32 Å².